The van der Waals surface area contributed by atoms with Gasteiger partial charge in [0.25, 0.3) is 0 Å². The van der Waals surface area contributed by atoms with Gasteiger partial charge < -0.3 is 14.9 Å². The highest BCUT2D eigenvalue weighted by Crippen LogP contribution is 2.50. The molecule has 162 valence electrons. The predicted molar refractivity (Wildman–Crippen MR) is 100 cm³/mol. The van der Waals surface area contributed by atoms with Crippen LogP contribution in [-0.4, -0.2) is 39.8 Å². The molecular weight excluding hydrogens is 370 g/mol. The molecular formula is C21H34F2O5. The van der Waals surface area contributed by atoms with E-state index in [1.165, 1.54) is 0 Å². The van der Waals surface area contributed by atoms with Crippen LogP contribution in [0.15, 0.2) is 0 Å². The number of unbranched alkanes of at least 4 members (excludes halogenated alkanes) is 3. The minimum Gasteiger partial charge on any atom is -0.481 e. The summed E-state index contributed by atoms with van der Waals surface area (Å²) in [5, 5.41) is 19.2. The van der Waals surface area contributed by atoms with Gasteiger partial charge in [0, 0.05) is 31.6 Å². The molecule has 5 unspecified atom stereocenters. The highest BCUT2D eigenvalue weighted by molar-refractivity contribution is 5.84. The molecule has 1 aliphatic heterocycles. The van der Waals surface area contributed by atoms with Crippen molar-refractivity contribution in [3.05, 3.63) is 0 Å². The van der Waals surface area contributed by atoms with Gasteiger partial charge in [-0.15, -0.1) is 0 Å². The number of hydrogen-bond acceptors (Lipinski definition) is 4. The summed E-state index contributed by atoms with van der Waals surface area (Å²) < 4.78 is 34.8. The van der Waals surface area contributed by atoms with E-state index in [1.807, 2.05) is 6.92 Å². The molecule has 1 saturated heterocycles. The van der Waals surface area contributed by atoms with E-state index >= 15 is 0 Å². The molecule has 5 atom stereocenters. The lowest BCUT2D eigenvalue weighted by Crippen LogP contribution is -2.56. The minimum atomic E-state index is -3.33. The second-order valence-electron chi connectivity index (χ2n) is 8.69. The molecule has 7 heteroatoms. The zero-order chi connectivity index (χ0) is 20.9. The summed E-state index contributed by atoms with van der Waals surface area (Å²) in [6, 6.07) is 0. The highest BCUT2D eigenvalue weighted by Gasteiger charge is 2.60. The molecule has 5 nitrogen and oxygen atoms in total. The summed E-state index contributed by atoms with van der Waals surface area (Å²) in [5.41, 5.74) is 0. The fraction of sp³-hybridized carbons (Fsp3) is 0.905. The second kappa shape index (κ2) is 9.61. The Morgan fingerprint density at radius 1 is 1.32 bits per heavy atom. The Kier molecular flexibility index (Phi) is 7.97. The number of carbonyl (C=O) groups is 2. The number of carboxylic acids is 1. The van der Waals surface area contributed by atoms with Crippen LogP contribution in [0.3, 0.4) is 0 Å². The van der Waals surface area contributed by atoms with Crippen LogP contribution in [0.2, 0.25) is 0 Å². The standard InChI is InChI=1S/C21H34F2O5/c1-3-14(2)13-20(22,23)21(27)11-10-16-15(17(24)12-18(16)28-21)8-6-4-5-7-9-19(25)26/h14-16,18,27H,3-13H2,1-2H3,(H,25,26). The molecule has 0 radical (unpaired) electrons. The SMILES string of the molecule is CCC(C)CC(F)(F)C1(O)CCC2C(CC(=O)C2CCCCCCC(=O)O)O1. The maximum absolute atomic E-state index is 14.7. The van der Waals surface area contributed by atoms with Crippen molar-refractivity contribution in [1.82, 2.24) is 0 Å². The molecule has 0 aromatic rings. The van der Waals surface area contributed by atoms with Gasteiger partial charge in [0.2, 0.25) is 5.79 Å². The number of ketones is 1. The average Bonchev–Trinajstić information content (AvgIpc) is 2.91. The number of alkyl halides is 2. The summed E-state index contributed by atoms with van der Waals surface area (Å²) in [7, 11) is 0. The van der Waals surface area contributed by atoms with Gasteiger partial charge >= 0.3 is 11.9 Å². The van der Waals surface area contributed by atoms with Gasteiger partial charge in [0.15, 0.2) is 0 Å². The number of aliphatic hydroxyl groups is 1. The molecule has 2 rings (SSSR count). The Morgan fingerprint density at radius 2 is 2.00 bits per heavy atom. The van der Waals surface area contributed by atoms with Crippen molar-refractivity contribution < 1.29 is 33.3 Å². The van der Waals surface area contributed by atoms with Crippen LogP contribution in [0.1, 0.15) is 84.5 Å². The van der Waals surface area contributed by atoms with Crippen LogP contribution in [0, 0.1) is 17.8 Å². The van der Waals surface area contributed by atoms with Crippen molar-refractivity contribution in [1.29, 1.82) is 0 Å². The second-order valence-corrected chi connectivity index (χ2v) is 8.69. The van der Waals surface area contributed by atoms with Crippen LogP contribution in [0.4, 0.5) is 8.78 Å². The van der Waals surface area contributed by atoms with E-state index in [9.17, 15) is 23.5 Å². The summed E-state index contributed by atoms with van der Waals surface area (Å²) in [4.78, 5) is 22.9. The average molecular weight is 404 g/mol. The van der Waals surface area contributed by atoms with E-state index in [1.54, 1.807) is 6.92 Å². The maximum atomic E-state index is 14.7. The molecule has 0 bridgehead atoms. The highest BCUT2D eigenvalue weighted by atomic mass is 19.3. The first-order valence-electron chi connectivity index (χ1n) is 10.6. The van der Waals surface area contributed by atoms with Crippen LogP contribution in [0.5, 0.6) is 0 Å². The van der Waals surface area contributed by atoms with Crippen molar-refractivity contribution in [2.75, 3.05) is 0 Å². The quantitative estimate of drug-likeness (QED) is 0.493. The molecule has 0 spiro atoms. The lowest BCUT2D eigenvalue weighted by molar-refractivity contribution is -0.358. The Hall–Kier alpha value is -1.08. The van der Waals surface area contributed by atoms with Gasteiger partial charge in [-0.25, -0.2) is 8.78 Å². The smallest absolute Gasteiger partial charge is 0.303 e. The lowest BCUT2D eigenvalue weighted by atomic mass is 9.81. The molecule has 1 saturated carbocycles. The third kappa shape index (κ3) is 5.50. The zero-order valence-corrected chi connectivity index (χ0v) is 17.0. The lowest BCUT2D eigenvalue weighted by Gasteiger charge is -2.44. The van der Waals surface area contributed by atoms with Crippen LogP contribution >= 0.6 is 0 Å². The number of aliphatic carboxylic acids is 1. The summed E-state index contributed by atoms with van der Waals surface area (Å²) >= 11 is 0. The van der Waals surface area contributed by atoms with E-state index in [-0.39, 0.29) is 42.8 Å². The van der Waals surface area contributed by atoms with Crippen LogP contribution in [-0.2, 0) is 14.3 Å². The maximum Gasteiger partial charge on any atom is 0.303 e. The van der Waals surface area contributed by atoms with E-state index in [0.717, 1.165) is 19.3 Å². The zero-order valence-electron chi connectivity index (χ0n) is 17.0. The Bertz CT molecular complexity index is 553. The Labute approximate surface area is 165 Å². The number of ether oxygens (including phenoxy) is 1. The van der Waals surface area contributed by atoms with Crippen molar-refractivity contribution in [3.63, 3.8) is 0 Å². The number of carbonyl (C=O) groups excluding carboxylic acids is 1. The van der Waals surface area contributed by atoms with Crippen molar-refractivity contribution in [2.45, 2.75) is 102 Å². The molecule has 2 aliphatic rings. The monoisotopic (exact) mass is 404 g/mol. The van der Waals surface area contributed by atoms with Gasteiger partial charge in [-0.3, -0.25) is 9.59 Å². The number of Topliss-reactive ketones (excluding diaryl/α,β-unsaturated/α-hetero) is 1. The minimum absolute atomic E-state index is 0.0371. The van der Waals surface area contributed by atoms with E-state index < -0.39 is 30.2 Å². The van der Waals surface area contributed by atoms with E-state index in [0.29, 0.717) is 25.7 Å². The van der Waals surface area contributed by atoms with Crippen molar-refractivity contribution >= 4 is 11.8 Å². The molecule has 2 N–H and O–H groups in total. The first-order chi connectivity index (χ1) is 13.1. The largest absolute Gasteiger partial charge is 0.481 e. The summed E-state index contributed by atoms with van der Waals surface area (Å²) in [5.74, 6) is -7.11. The number of halogens is 2. The van der Waals surface area contributed by atoms with E-state index in [2.05, 4.69) is 0 Å². The fourth-order valence-corrected chi connectivity index (χ4v) is 4.57. The van der Waals surface area contributed by atoms with Gasteiger partial charge in [-0.2, -0.15) is 0 Å². The summed E-state index contributed by atoms with van der Waals surface area (Å²) in [6.45, 7) is 3.57. The Morgan fingerprint density at radius 3 is 2.64 bits per heavy atom. The molecule has 0 aromatic heterocycles. The van der Waals surface area contributed by atoms with Gasteiger partial charge in [-0.1, -0.05) is 39.5 Å². The van der Waals surface area contributed by atoms with Gasteiger partial charge in [0.05, 0.1) is 6.10 Å². The van der Waals surface area contributed by atoms with Gasteiger partial charge in [0.1, 0.15) is 5.78 Å². The first-order valence-corrected chi connectivity index (χ1v) is 10.6. The Balaban J connectivity index is 1.87. The number of rotatable bonds is 11. The van der Waals surface area contributed by atoms with Gasteiger partial charge in [-0.05, 0) is 31.1 Å². The number of carboxylic acid groups (broad SMARTS) is 1. The first kappa shape index (κ1) is 23.2. The number of hydrogen-bond donors (Lipinski definition) is 2. The normalized spacial score (nSPS) is 31.6. The van der Waals surface area contributed by atoms with Crippen molar-refractivity contribution in [2.24, 2.45) is 17.8 Å². The molecule has 1 aliphatic carbocycles. The molecule has 2 fully saturated rings. The predicted octanol–water partition coefficient (Wildman–Crippen LogP) is 4.56. The summed E-state index contributed by atoms with van der Waals surface area (Å²) in [6.07, 6.45) is 3.79. The molecule has 28 heavy (non-hydrogen) atoms. The van der Waals surface area contributed by atoms with Crippen LogP contribution < -0.4 is 0 Å². The van der Waals surface area contributed by atoms with Crippen LogP contribution in [0.25, 0.3) is 0 Å². The number of fused-ring (bicyclic) bond motifs is 1. The fourth-order valence-electron chi connectivity index (χ4n) is 4.57. The van der Waals surface area contributed by atoms with E-state index in [4.69, 9.17) is 9.84 Å². The molecule has 1 heterocycles. The van der Waals surface area contributed by atoms with Crippen molar-refractivity contribution in [3.8, 4) is 0 Å². The topological polar surface area (TPSA) is 83.8 Å². The third-order valence-corrected chi connectivity index (χ3v) is 6.50. The molecule has 0 amide bonds. The molecule has 0 aromatic carbocycles. The third-order valence-electron chi connectivity index (χ3n) is 6.50.